The summed E-state index contributed by atoms with van der Waals surface area (Å²) in [5, 5.41) is 3.31. The van der Waals surface area contributed by atoms with E-state index in [0.717, 1.165) is 39.0 Å². The van der Waals surface area contributed by atoms with Crippen LogP contribution in [0.25, 0.3) is 0 Å². The van der Waals surface area contributed by atoms with Crippen molar-refractivity contribution >= 4 is 5.91 Å². The van der Waals surface area contributed by atoms with Crippen molar-refractivity contribution in [2.75, 3.05) is 32.8 Å². The predicted octanol–water partition coefficient (Wildman–Crippen LogP) is 1.81. The van der Waals surface area contributed by atoms with Crippen LogP contribution in [0.2, 0.25) is 0 Å². The van der Waals surface area contributed by atoms with Crippen LogP contribution in [-0.2, 0) is 16.1 Å². The average molecular weight is 276 g/mol. The molecule has 1 aromatic rings. The van der Waals surface area contributed by atoms with Crippen molar-refractivity contribution in [3.8, 4) is 0 Å². The van der Waals surface area contributed by atoms with Gasteiger partial charge in [0.15, 0.2) is 0 Å². The van der Waals surface area contributed by atoms with Crippen molar-refractivity contribution in [1.29, 1.82) is 0 Å². The minimum Gasteiger partial charge on any atom is -0.370 e. The molecule has 0 unspecified atom stereocenters. The molecule has 1 aliphatic heterocycles. The van der Waals surface area contributed by atoms with Crippen molar-refractivity contribution in [3.05, 3.63) is 35.9 Å². The van der Waals surface area contributed by atoms with E-state index in [1.807, 2.05) is 23.1 Å². The number of nitrogens with zero attached hydrogens (tertiary/aromatic N) is 1. The van der Waals surface area contributed by atoms with Crippen LogP contribution in [0.4, 0.5) is 0 Å². The molecule has 1 saturated heterocycles. The molecule has 0 spiro atoms. The van der Waals surface area contributed by atoms with E-state index in [1.165, 1.54) is 12.0 Å². The van der Waals surface area contributed by atoms with Crippen LogP contribution in [0.15, 0.2) is 30.3 Å². The Labute approximate surface area is 121 Å². The minimum absolute atomic E-state index is 0.132. The molecule has 2 rings (SSSR count). The first-order chi connectivity index (χ1) is 9.86. The van der Waals surface area contributed by atoms with Crippen molar-refractivity contribution < 1.29 is 9.53 Å². The Hall–Kier alpha value is -1.39. The molecule has 1 heterocycles. The van der Waals surface area contributed by atoms with Gasteiger partial charge in [0.05, 0.1) is 6.61 Å². The maximum atomic E-state index is 11.8. The van der Waals surface area contributed by atoms with E-state index in [-0.39, 0.29) is 12.5 Å². The molecule has 4 heteroatoms. The number of hydrogen-bond donors (Lipinski definition) is 1. The van der Waals surface area contributed by atoms with Crippen LogP contribution in [0.3, 0.4) is 0 Å². The fraction of sp³-hybridized carbons (Fsp3) is 0.562. The topological polar surface area (TPSA) is 41.6 Å². The second-order valence-electron chi connectivity index (χ2n) is 5.16. The number of nitrogens with one attached hydrogen (secondary N) is 1. The Morgan fingerprint density at radius 2 is 1.90 bits per heavy atom. The number of carbonyl (C=O) groups excluding carboxylic acids is 1. The highest BCUT2D eigenvalue weighted by Crippen LogP contribution is 2.08. The fourth-order valence-electron chi connectivity index (χ4n) is 2.37. The summed E-state index contributed by atoms with van der Waals surface area (Å²) in [4.78, 5) is 13.8. The summed E-state index contributed by atoms with van der Waals surface area (Å²) >= 11 is 0. The van der Waals surface area contributed by atoms with Gasteiger partial charge in [-0.05, 0) is 24.8 Å². The molecule has 1 aliphatic rings. The van der Waals surface area contributed by atoms with Crippen LogP contribution in [0, 0.1) is 0 Å². The lowest BCUT2D eigenvalue weighted by Gasteiger charge is -2.26. The Bertz CT molecular complexity index is 389. The van der Waals surface area contributed by atoms with E-state index >= 15 is 0 Å². The smallest absolute Gasteiger partial charge is 0.248 e. The summed E-state index contributed by atoms with van der Waals surface area (Å²) in [6.45, 7) is 4.19. The molecule has 4 nitrogen and oxygen atoms in total. The lowest BCUT2D eigenvalue weighted by molar-refractivity contribution is -0.136. The van der Waals surface area contributed by atoms with Crippen molar-refractivity contribution in [2.24, 2.45) is 0 Å². The Balaban J connectivity index is 1.50. The monoisotopic (exact) mass is 276 g/mol. The quantitative estimate of drug-likeness (QED) is 0.772. The number of amides is 1. The lowest BCUT2D eigenvalue weighted by atomic mass is 10.1. The fourth-order valence-corrected chi connectivity index (χ4v) is 2.37. The maximum Gasteiger partial charge on any atom is 0.248 e. The number of hydrogen-bond acceptors (Lipinski definition) is 3. The van der Waals surface area contributed by atoms with Crippen molar-refractivity contribution in [3.63, 3.8) is 0 Å². The molecule has 0 bridgehead atoms. The average Bonchev–Trinajstić information content (AvgIpc) is 2.52. The number of likely N-dealkylation sites (tertiary alicyclic amines) is 1. The van der Waals surface area contributed by atoms with E-state index in [2.05, 4.69) is 17.4 Å². The van der Waals surface area contributed by atoms with Gasteiger partial charge in [-0.2, -0.15) is 0 Å². The highest BCUT2D eigenvalue weighted by molar-refractivity contribution is 5.77. The molecule has 0 atom stereocenters. The molecular weight excluding hydrogens is 252 g/mol. The normalized spacial score (nSPS) is 15.3. The van der Waals surface area contributed by atoms with Crippen LogP contribution >= 0.6 is 0 Å². The number of ether oxygens (including phenoxy) is 1. The zero-order valence-corrected chi connectivity index (χ0v) is 12.0. The van der Waals surface area contributed by atoms with Gasteiger partial charge in [-0.3, -0.25) is 4.79 Å². The Morgan fingerprint density at radius 3 is 2.65 bits per heavy atom. The van der Waals surface area contributed by atoms with Gasteiger partial charge < -0.3 is 15.0 Å². The number of piperidine rings is 1. The molecule has 110 valence electrons. The van der Waals surface area contributed by atoms with Crippen LogP contribution in [-0.4, -0.2) is 43.7 Å². The second kappa shape index (κ2) is 8.72. The minimum atomic E-state index is 0.132. The summed E-state index contributed by atoms with van der Waals surface area (Å²) < 4.78 is 5.43. The van der Waals surface area contributed by atoms with E-state index in [9.17, 15) is 4.79 Å². The van der Waals surface area contributed by atoms with Gasteiger partial charge in [0.1, 0.15) is 6.61 Å². The second-order valence-corrected chi connectivity index (χ2v) is 5.16. The predicted molar refractivity (Wildman–Crippen MR) is 79.4 cm³/mol. The van der Waals surface area contributed by atoms with Crippen LogP contribution in [0.1, 0.15) is 24.8 Å². The first-order valence-corrected chi connectivity index (χ1v) is 7.46. The molecule has 0 aromatic heterocycles. The third-order valence-corrected chi connectivity index (χ3v) is 3.53. The molecule has 1 aromatic carbocycles. The summed E-state index contributed by atoms with van der Waals surface area (Å²) in [5.74, 6) is 0.132. The SMILES string of the molecule is O=C(COCCNCc1ccccc1)N1CCCCC1. The van der Waals surface area contributed by atoms with Gasteiger partial charge >= 0.3 is 0 Å². The molecule has 0 radical (unpaired) electrons. The van der Waals surface area contributed by atoms with E-state index in [1.54, 1.807) is 0 Å². The lowest BCUT2D eigenvalue weighted by Crippen LogP contribution is -2.38. The third kappa shape index (κ3) is 5.31. The largest absolute Gasteiger partial charge is 0.370 e. The van der Waals surface area contributed by atoms with Gasteiger partial charge in [-0.1, -0.05) is 30.3 Å². The van der Waals surface area contributed by atoms with Crippen molar-refractivity contribution in [2.45, 2.75) is 25.8 Å². The standard InChI is InChI=1S/C16H24N2O2/c19-16(18-10-5-2-6-11-18)14-20-12-9-17-13-15-7-3-1-4-8-15/h1,3-4,7-8,17H,2,5-6,9-14H2. The molecule has 20 heavy (non-hydrogen) atoms. The number of carbonyl (C=O) groups is 1. The van der Waals surface area contributed by atoms with E-state index in [4.69, 9.17) is 4.74 Å². The molecule has 1 amide bonds. The highest BCUT2D eigenvalue weighted by atomic mass is 16.5. The summed E-state index contributed by atoms with van der Waals surface area (Å²) in [7, 11) is 0. The van der Waals surface area contributed by atoms with E-state index < -0.39 is 0 Å². The van der Waals surface area contributed by atoms with Gasteiger partial charge in [0.2, 0.25) is 5.91 Å². The Morgan fingerprint density at radius 1 is 1.15 bits per heavy atom. The summed E-state index contributed by atoms with van der Waals surface area (Å²) in [5.41, 5.74) is 1.26. The molecule has 1 fully saturated rings. The summed E-state index contributed by atoms with van der Waals surface area (Å²) in [6, 6.07) is 10.3. The van der Waals surface area contributed by atoms with Gasteiger partial charge in [-0.15, -0.1) is 0 Å². The Kier molecular flexibility index (Phi) is 6.54. The van der Waals surface area contributed by atoms with Crippen LogP contribution in [0.5, 0.6) is 0 Å². The first kappa shape index (κ1) is 15.0. The van der Waals surface area contributed by atoms with Crippen LogP contribution < -0.4 is 5.32 Å². The maximum absolute atomic E-state index is 11.8. The zero-order valence-electron chi connectivity index (χ0n) is 12.0. The molecule has 0 saturated carbocycles. The van der Waals surface area contributed by atoms with Gasteiger partial charge in [-0.25, -0.2) is 0 Å². The van der Waals surface area contributed by atoms with Gasteiger partial charge in [0, 0.05) is 26.2 Å². The number of rotatable bonds is 7. The molecule has 1 N–H and O–H groups in total. The zero-order chi connectivity index (χ0) is 14.0. The molecule has 0 aliphatic carbocycles. The summed E-state index contributed by atoms with van der Waals surface area (Å²) in [6.07, 6.45) is 3.50. The van der Waals surface area contributed by atoms with Gasteiger partial charge in [0.25, 0.3) is 0 Å². The van der Waals surface area contributed by atoms with E-state index in [0.29, 0.717) is 6.61 Å². The third-order valence-electron chi connectivity index (χ3n) is 3.53. The highest BCUT2D eigenvalue weighted by Gasteiger charge is 2.15. The molecular formula is C16H24N2O2. The van der Waals surface area contributed by atoms with Crippen molar-refractivity contribution in [1.82, 2.24) is 10.2 Å². The number of benzene rings is 1. The first-order valence-electron chi connectivity index (χ1n) is 7.46.